The van der Waals surface area contributed by atoms with Gasteiger partial charge in [-0.3, -0.25) is 4.79 Å². The summed E-state index contributed by atoms with van der Waals surface area (Å²) in [7, 11) is 0. The predicted octanol–water partition coefficient (Wildman–Crippen LogP) is 2.44. The molecule has 1 N–H and O–H groups in total. The summed E-state index contributed by atoms with van der Waals surface area (Å²) in [4.78, 5) is 10.2. The van der Waals surface area contributed by atoms with E-state index in [0.717, 1.165) is 18.8 Å². The van der Waals surface area contributed by atoms with Crippen LogP contribution in [0.3, 0.4) is 0 Å². The van der Waals surface area contributed by atoms with Crippen molar-refractivity contribution in [1.29, 1.82) is 0 Å². The largest absolute Gasteiger partial charge is 0.481 e. The number of carbonyl (C=O) groups is 1. The first kappa shape index (κ1) is 13.5. The molecule has 1 aliphatic rings. The molecule has 0 atom stereocenters. The van der Waals surface area contributed by atoms with Crippen LogP contribution in [0, 0.1) is 5.92 Å². The molecule has 2 nitrogen and oxygen atoms in total. The van der Waals surface area contributed by atoms with E-state index in [9.17, 15) is 4.79 Å². The number of carboxylic acid groups (broad SMARTS) is 1. The standard InChI is InChI=1S/C10H18O2.Na/c11-10(12)8-4-7-9-5-2-1-3-6-9;/h9H,1-8H2,(H,11,12);. The van der Waals surface area contributed by atoms with Gasteiger partial charge in [-0.1, -0.05) is 32.1 Å². The molecule has 1 fully saturated rings. The maximum atomic E-state index is 10.2. The van der Waals surface area contributed by atoms with Gasteiger partial charge >= 0.3 is 5.97 Å². The van der Waals surface area contributed by atoms with Crippen molar-refractivity contribution in [1.82, 2.24) is 0 Å². The Bertz CT molecular complexity index is 142. The average molecular weight is 193 g/mol. The van der Waals surface area contributed by atoms with Crippen LogP contribution in [-0.4, -0.2) is 40.6 Å². The van der Waals surface area contributed by atoms with E-state index < -0.39 is 5.97 Å². The molecule has 1 radical (unpaired) electrons. The number of hydrogen-bond acceptors (Lipinski definition) is 1. The Balaban J connectivity index is 0.00000144. The maximum Gasteiger partial charge on any atom is 0.303 e. The van der Waals surface area contributed by atoms with E-state index in [1.54, 1.807) is 0 Å². The van der Waals surface area contributed by atoms with Gasteiger partial charge < -0.3 is 5.11 Å². The van der Waals surface area contributed by atoms with Crippen LogP contribution in [0.4, 0.5) is 0 Å². The first-order chi connectivity index (χ1) is 5.79. The summed E-state index contributed by atoms with van der Waals surface area (Å²) >= 11 is 0. The number of rotatable bonds is 4. The van der Waals surface area contributed by atoms with Crippen LogP contribution in [0.2, 0.25) is 0 Å². The van der Waals surface area contributed by atoms with Crippen molar-refractivity contribution in [3.8, 4) is 0 Å². The van der Waals surface area contributed by atoms with Crippen LogP contribution in [-0.2, 0) is 4.79 Å². The fourth-order valence-electron chi connectivity index (χ4n) is 2.02. The second-order valence-corrected chi connectivity index (χ2v) is 3.79. The number of hydrogen-bond donors (Lipinski definition) is 1. The van der Waals surface area contributed by atoms with Crippen LogP contribution < -0.4 is 0 Å². The Morgan fingerprint density at radius 2 is 1.85 bits per heavy atom. The van der Waals surface area contributed by atoms with E-state index in [-0.39, 0.29) is 29.6 Å². The molecule has 0 aromatic heterocycles. The normalized spacial score (nSPS) is 17.8. The predicted molar refractivity (Wildman–Crippen MR) is 53.8 cm³/mol. The first-order valence-corrected chi connectivity index (χ1v) is 5.01. The Hall–Kier alpha value is 0.470. The first-order valence-electron chi connectivity index (χ1n) is 5.01. The average Bonchev–Trinajstić information content (AvgIpc) is 2.05. The monoisotopic (exact) mass is 193 g/mol. The molecule has 0 bridgehead atoms. The minimum atomic E-state index is -0.647. The van der Waals surface area contributed by atoms with Gasteiger partial charge in [-0.05, 0) is 18.8 Å². The van der Waals surface area contributed by atoms with Gasteiger partial charge in [0.25, 0.3) is 0 Å². The van der Waals surface area contributed by atoms with E-state index >= 15 is 0 Å². The van der Waals surface area contributed by atoms with Crippen LogP contribution in [0.25, 0.3) is 0 Å². The number of aliphatic carboxylic acids is 1. The van der Waals surface area contributed by atoms with Gasteiger partial charge in [0.2, 0.25) is 0 Å². The van der Waals surface area contributed by atoms with Gasteiger partial charge in [-0.2, -0.15) is 0 Å². The van der Waals surface area contributed by atoms with Gasteiger partial charge in [-0.25, -0.2) is 0 Å². The van der Waals surface area contributed by atoms with Crippen LogP contribution in [0.5, 0.6) is 0 Å². The summed E-state index contributed by atoms with van der Waals surface area (Å²) in [5.41, 5.74) is 0. The molecule has 0 amide bonds. The Labute approximate surface area is 102 Å². The Kier molecular flexibility index (Phi) is 8.12. The minimum Gasteiger partial charge on any atom is -0.481 e. The van der Waals surface area contributed by atoms with Gasteiger partial charge in [0.15, 0.2) is 0 Å². The topological polar surface area (TPSA) is 37.3 Å². The van der Waals surface area contributed by atoms with Gasteiger partial charge in [0.05, 0.1) is 0 Å². The fourth-order valence-corrected chi connectivity index (χ4v) is 2.02. The molecule has 71 valence electrons. The van der Waals surface area contributed by atoms with Crippen LogP contribution >= 0.6 is 0 Å². The molecule has 1 saturated carbocycles. The zero-order chi connectivity index (χ0) is 8.81. The maximum absolute atomic E-state index is 10.2. The second-order valence-electron chi connectivity index (χ2n) is 3.79. The van der Waals surface area contributed by atoms with Crippen molar-refractivity contribution in [2.24, 2.45) is 5.92 Å². The zero-order valence-electron chi connectivity index (χ0n) is 8.59. The quantitative estimate of drug-likeness (QED) is 0.696. The summed E-state index contributed by atoms with van der Waals surface area (Å²) < 4.78 is 0. The summed E-state index contributed by atoms with van der Waals surface area (Å²) in [5, 5.41) is 8.44. The van der Waals surface area contributed by atoms with E-state index in [1.807, 2.05) is 0 Å². The summed E-state index contributed by atoms with van der Waals surface area (Å²) in [6.45, 7) is 0. The molecule has 3 heteroatoms. The molecule has 13 heavy (non-hydrogen) atoms. The second kappa shape index (κ2) is 7.84. The van der Waals surface area contributed by atoms with Crippen molar-refractivity contribution in [3.05, 3.63) is 0 Å². The third kappa shape index (κ3) is 6.53. The van der Waals surface area contributed by atoms with Gasteiger partial charge in [0.1, 0.15) is 0 Å². The van der Waals surface area contributed by atoms with E-state index in [1.165, 1.54) is 32.1 Å². The molecule has 0 aliphatic heterocycles. The molecule has 1 aliphatic carbocycles. The van der Waals surface area contributed by atoms with Crippen molar-refractivity contribution in [3.63, 3.8) is 0 Å². The molecule has 0 heterocycles. The fraction of sp³-hybridized carbons (Fsp3) is 0.900. The summed E-state index contributed by atoms with van der Waals surface area (Å²) in [6, 6.07) is 0. The molecule has 0 saturated heterocycles. The van der Waals surface area contributed by atoms with Gasteiger partial charge in [0, 0.05) is 36.0 Å². The number of carboxylic acids is 1. The van der Waals surface area contributed by atoms with Crippen LogP contribution in [0.15, 0.2) is 0 Å². The molecule has 0 spiro atoms. The van der Waals surface area contributed by atoms with E-state index in [4.69, 9.17) is 5.11 Å². The summed E-state index contributed by atoms with van der Waals surface area (Å²) in [6.07, 6.45) is 9.13. The molecule has 1 rings (SSSR count). The van der Waals surface area contributed by atoms with E-state index in [0.29, 0.717) is 6.42 Å². The minimum absolute atomic E-state index is 0. The molecule has 0 aromatic carbocycles. The molecular weight excluding hydrogens is 175 g/mol. The van der Waals surface area contributed by atoms with Crippen molar-refractivity contribution in [2.75, 3.05) is 0 Å². The third-order valence-corrected chi connectivity index (χ3v) is 2.73. The van der Waals surface area contributed by atoms with E-state index in [2.05, 4.69) is 0 Å². The van der Waals surface area contributed by atoms with Gasteiger partial charge in [-0.15, -0.1) is 0 Å². The van der Waals surface area contributed by atoms with Crippen molar-refractivity contribution < 1.29 is 9.90 Å². The third-order valence-electron chi connectivity index (χ3n) is 2.73. The Morgan fingerprint density at radius 3 is 2.38 bits per heavy atom. The van der Waals surface area contributed by atoms with Crippen LogP contribution in [0.1, 0.15) is 51.4 Å². The van der Waals surface area contributed by atoms with Crippen molar-refractivity contribution in [2.45, 2.75) is 51.4 Å². The molecule has 0 unspecified atom stereocenters. The summed E-state index contributed by atoms with van der Waals surface area (Å²) in [5.74, 6) is 0.184. The zero-order valence-corrected chi connectivity index (χ0v) is 10.6. The Morgan fingerprint density at radius 1 is 1.23 bits per heavy atom. The smallest absolute Gasteiger partial charge is 0.303 e. The molecular formula is C10H18NaO2. The molecule has 0 aromatic rings. The SMILES string of the molecule is O=C(O)CCCC1CCCCC1.[Na]. The van der Waals surface area contributed by atoms with Crippen molar-refractivity contribution >= 4 is 35.5 Å².